The minimum atomic E-state index is -1.52. The molecule has 25 heavy (non-hydrogen) atoms. The summed E-state index contributed by atoms with van der Waals surface area (Å²) in [5, 5.41) is 26.8. The first-order valence-corrected chi connectivity index (χ1v) is 7.67. The molecule has 0 bridgehead atoms. The van der Waals surface area contributed by atoms with Crippen molar-refractivity contribution in [3.05, 3.63) is 66.7 Å². The fraction of sp³-hybridized carbons (Fsp3) is 0.105. The Morgan fingerprint density at radius 3 is 2.00 bits per heavy atom. The Hall–Kier alpha value is -3.41. The van der Waals surface area contributed by atoms with Crippen LogP contribution in [0.4, 0.5) is 0 Å². The van der Waals surface area contributed by atoms with Crippen molar-refractivity contribution in [2.45, 2.75) is 12.5 Å². The van der Waals surface area contributed by atoms with Crippen LogP contribution in [0.3, 0.4) is 0 Å². The van der Waals surface area contributed by atoms with Crippen molar-refractivity contribution in [2.75, 3.05) is 0 Å². The van der Waals surface area contributed by atoms with Gasteiger partial charge >= 0.3 is 0 Å². The fourth-order valence-corrected chi connectivity index (χ4v) is 2.63. The fourth-order valence-electron chi connectivity index (χ4n) is 2.63. The molecule has 6 heteroatoms. The molecule has 0 fully saturated rings. The molecule has 3 aromatic rings. The molecular weight excluding hydrogens is 320 g/mol. The average molecular weight is 334 g/mol. The number of carboxylic acids is 2. The molecule has 6 nitrogen and oxygen atoms in total. The molecule has 0 amide bonds. The van der Waals surface area contributed by atoms with Gasteiger partial charge in [-0.2, -0.15) is 5.10 Å². The Balaban J connectivity index is 2.16. The molecule has 1 atom stereocenters. The van der Waals surface area contributed by atoms with E-state index in [0.29, 0.717) is 11.4 Å². The van der Waals surface area contributed by atoms with E-state index in [4.69, 9.17) is 0 Å². The van der Waals surface area contributed by atoms with Gasteiger partial charge in [0.15, 0.2) is 0 Å². The number of hydrogen-bond donors (Lipinski definition) is 0. The maximum atomic E-state index is 11.5. The van der Waals surface area contributed by atoms with E-state index in [1.165, 1.54) is 4.68 Å². The van der Waals surface area contributed by atoms with Crippen LogP contribution in [0.1, 0.15) is 12.5 Å². The summed E-state index contributed by atoms with van der Waals surface area (Å²) in [7, 11) is 0. The molecule has 1 heterocycles. The minimum absolute atomic E-state index is 0.495. The second-order valence-electron chi connectivity index (χ2n) is 5.50. The highest BCUT2D eigenvalue weighted by Gasteiger charge is 2.20. The first kappa shape index (κ1) is 16.4. The molecule has 0 radical (unpaired) electrons. The number of hydrogen-bond acceptors (Lipinski definition) is 5. The number of carbonyl (C=O) groups is 2. The van der Waals surface area contributed by atoms with Gasteiger partial charge in [-0.1, -0.05) is 60.7 Å². The maximum Gasteiger partial charge on any atom is 0.0971 e. The molecular formula is C19H14N2O4-2. The summed E-state index contributed by atoms with van der Waals surface area (Å²) in [6.07, 6.45) is -0.724. The van der Waals surface area contributed by atoms with Crippen LogP contribution in [0, 0.1) is 0 Å². The highest BCUT2D eigenvalue weighted by Crippen LogP contribution is 2.29. The molecule has 126 valence electrons. The van der Waals surface area contributed by atoms with Gasteiger partial charge in [-0.25, -0.2) is 0 Å². The predicted octanol–water partition coefficient (Wildman–Crippen LogP) is 0.648. The molecule has 0 saturated heterocycles. The molecule has 0 unspecified atom stereocenters. The summed E-state index contributed by atoms with van der Waals surface area (Å²) < 4.78 is 1.18. The number of carboxylic acid groups (broad SMARTS) is 2. The van der Waals surface area contributed by atoms with Gasteiger partial charge in [0, 0.05) is 18.0 Å². The molecule has 2 aromatic carbocycles. The van der Waals surface area contributed by atoms with Crippen LogP contribution in [0.15, 0.2) is 66.7 Å². The van der Waals surface area contributed by atoms with Gasteiger partial charge < -0.3 is 19.8 Å². The van der Waals surface area contributed by atoms with Crippen LogP contribution in [0.5, 0.6) is 0 Å². The Bertz CT molecular complexity index is 888. The lowest BCUT2D eigenvalue weighted by atomic mass is 10.1. The number of nitrogens with zero attached hydrogens (tertiary/aromatic N) is 2. The van der Waals surface area contributed by atoms with Crippen molar-refractivity contribution >= 4 is 11.9 Å². The first-order chi connectivity index (χ1) is 12.1. The molecule has 0 N–H and O–H groups in total. The van der Waals surface area contributed by atoms with Crippen LogP contribution in [0.2, 0.25) is 0 Å². The lowest BCUT2D eigenvalue weighted by Gasteiger charge is -2.21. The second-order valence-corrected chi connectivity index (χ2v) is 5.50. The van der Waals surface area contributed by atoms with Gasteiger partial charge in [0.25, 0.3) is 0 Å². The van der Waals surface area contributed by atoms with Gasteiger partial charge in [0.1, 0.15) is 0 Å². The van der Waals surface area contributed by atoms with E-state index in [1.54, 1.807) is 18.2 Å². The number of benzene rings is 2. The van der Waals surface area contributed by atoms with Gasteiger partial charge in [-0.3, -0.25) is 4.68 Å². The standard InChI is InChI=1S/C19H16N2O4/c22-18(23)12-17(19(24)25)21-16(14-9-5-2-6-10-14)11-15(20-21)13-7-3-1-4-8-13/h1-11,17H,12H2,(H,22,23)(H,24,25)/p-2/t17-/m1/s1. The lowest BCUT2D eigenvalue weighted by Crippen LogP contribution is -2.38. The van der Waals surface area contributed by atoms with Crippen molar-refractivity contribution in [3.8, 4) is 22.5 Å². The molecule has 0 aliphatic rings. The molecule has 0 aliphatic heterocycles. The van der Waals surface area contributed by atoms with E-state index in [9.17, 15) is 19.8 Å². The Morgan fingerprint density at radius 1 is 0.920 bits per heavy atom. The second kappa shape index (κ2) is 7.00. The topological polar surface area (TPSA) is 98.1 Å². The largest absolute Gasteiger partial charge is 0.550 e. The van der Waals surface area contributed by atoms with Crippen LogP contribution < -0.4 is 10.2 Å². The summed E-state index contributed by atoms with van der Waals surface area (Å²) in [5.74, 6) is -3.01. The van der Waals surface area contributed by atoms with E-state index >= 15 is 0 Å². The van der Waals surface area contributed by atoms with Crippen molar-refractivity contribution in [1.29, 1.82) is 0 Å². The third kappa shape index (κ3) is 3.58. The average Bonchev–Trinajstić information content (AvgIpc) is 3.06. The van der Waals surface area contributed by atoms with Crippen LogP contribution >= 0.6 is 0 Å². The normalized spacial score (nSPS) is 11.8. The number of aromatic nitrogens is 2. The zero-order valence-corrected chi connectivity index (χ0v) is 13.2. The third-order valence-electron chi connectivity index (χ3n) is 3.80. The Morgan fingerprint density at radius 2 is 1.48 bits per heavy atom. The van der Waals surface area contributed by atoms with Crippen LogP contribution in [-0.2, 0) is 9.59 Å². The number of carbonyl (C=O) groups excluding carboxylic acids is 2. The monoisotopic (exact) mass is 334 g/mol. The van der Waals surface area contributed by atoms with Crippen molar-refractivity contribution < 1.29 is 19.8 Å². The minimum Gasteiger partial charge on any atom is -0.550 e. The Kier molecular flexibility index (Phi) is 4.61. The quantitative estimate of drug-likeness (QED) is 0.659. The SMILES string of the molecule is O=C([O-])C[C@H](C(=O)[O-])n1nc(-c2ccccc2)cc1-c1ccccc1. The Labute approximate surface area is 144 Å². The predicted molar refractivity (Wildman–Crippen MR) is 86.8 cm³/mol. The number of rotatable bonds is 6. The summed E-state index contributed by atoms with van der Waals surface area (Å²) in [6, 6.07) is 18.5. The molecule has 3 rings (SSSR count). The van der Waals surface area contributed by atoms with Crippen molar-refractivity contribution in [3.63, 3.8) is 0 Å². The first-order valence-electron chi connectivity index (χ1n) is 7.67. The van der Waals surface area contributed by atoms with Crippen molar-refractivity contribution in [1.82, 2.24) is 9.78 Å². The van der Waals surface area contributed by atoms with Crippen LogP contribution in [-0.4, -0.2) is 21.7 Å². The smallest absolute Gasteiger partial charge is 0.0971 e. The van der Waals surface area contributed by atoms with E-state index in [-0.39, 0.29) is 0 Å². The molecule has 0 spiro atoms. The lowest BCUT2D eigenvalue weighted by molar-refractivity contribution is -0.319. The van der Waals surface area contributed by atoms with Gasteiger partial charge in [-0.15, -0.1) is 0 Å². The van der Waals surface area contributed by atoms with E-state index in [1.807, 2.05) is 48.5 Å². The van der Waals surface area contributed by atoms with Gasteiger partial charge in [0.2, 0.25) is 0 Å². The van der Waals surface area contributed by atoms with E-state index < -0.39 is 24.4 Å². The van der Waals surface area contributed by atoms with E-state index in [0.717, 1.165) is 11.1 Å². The molecule has 1 aromatic heterocycles. The number of aliphatic carboxylic acids is 2. The summed E-state index contributed by atoms with van der Waals surface area (Å²) >= 11 is 0. The van der Waals surface area contributed by atoms with Gasteiger partial charge in [-0.05, 0) is 11.6 Å². The summed E-state index contributed by atoms with van der Waals surface area (Å²) in [4.78, 5) is 22.5. The molecule has 0 saturated carbocycles. The van der Waals surface area contributed by atoms with Gasteiger partial charge in [0.05, 0.1) is 23.4 Å². The summed E-state index contributed by atoms with van der Waals surface area (Å²) in [5.41, 5.74) is 2.56. The highest BCUT2D eigenvalue weighted by molar-refractivity contribution is 5.79. The third-order valence-corrected chi connectivity index (χ3v) is 3.80. The zero-order valence-electron chi connectivity index (χ0n) is 13.2. The zero-order chi connectivity index (χ0) is 17.8. The van der Waals surface area contributed by atoms with E-state index in [2.05, 4.69) is 5.10 Å². The molecule has 0 aliphatic carbocycles. The summed E-state index contributed by atoms with van der Waals surface area (Å²) in [6.45, 7) is 0. The highest BCUT2D eigenvalue weighted by atomic mass is 16.4. The maximum absolute atomic E-state index is 11.5. The van der Waals surface area contributed by atoms with Crippen LogP contribution in [0.25, 0.3) is 22.5 Å². The van der Waals surface area contributed by atoms with Crippen molar-refractivity contribution in [2.24, 2.45) is 0 Å².